The third-order valence-electron chi connectivity index (χ3n) is 18.6. The van der Waals surface area contributed by atoms with Crippen molar-refractivity contribution < 1.29 is 87.5 Å². The first kappa shape index (κ1) is 92.7. The number of nitrogens with one attached hydrogen (secondary N) is 8. The molecular formula is C64H112N22O18S4. The van der Waals surface area contributed by atoms with E-state index in [4.69, 9.17) is 45.9 Å². The zero-order chi connectivity index (χ0) is 80.5. The Morgan fingerprint density at radius 1 is 0.574 bits per heavy atom. The topological polar surface area (TPSA) is 662 Å². The smallest absolute Gasteiger partial charge is 0.327 e. The molecule has 5 heterocycles. The molecule has 0 aliphatic carbocycles. The Morgan fingerprint density at radius 3 is 1.72 bits per heavy atom. The van der Waals surface area contributed by atoms with Crippen molar-refractivity contribution in [1.82, 2.24) is 62.1 Å². The Kier molecular flexibility index (Phi) is 40.6. The molecule has 5 aliphatic heterocycles. The Hall–Kier alpha value is -7.72. The number of likely N-dealkylation sites (tertiary alicyclic amines) is 2. The van der Waals surface area contributed by atoms with Gasteiger partial charge in [-0.05, 0) is 143 Å². The highest BCUT2D eigenvalue weighted by molar-refractivity contribution is 8.76. The molecule has 0 aromatic rings. The van der Waals surface area contributed by atoms with Gasteiger partial charge in [0.25, 0.3) is 0 Å². The molecule has 0 bridgehead atoms. The van der Waals surface area contributed by atoms with E-state index in [0.717, 1.165) is 21.6 Å². The van der Waals surface area contributed by atoms with Crippen LogP contribution in [0.3, 0.4) is 0 Å². The van der Waals surface area contributed by atoms with Crippen molar-refractivity contribution in [1.29, 1.82) is 0 Å². The van der Waals surface area contributed by atoms with Gasteiger partial charge in [0.2, 0.25) is 70.9 Å². The molecule has 0 saturated carbocycles. The number of carbonyl (C=O) groups is 14. The largest absolute Gasteiger partial charge is 0.480 e. The normalized spacial score (nSPS) is 24.5. The van der Waals surface area contributed by atoms with E-state index >= 15 is 0 Å². The first-order valence-electron chi connectivity index (χ1n) is 36.2. The average Bonchev–Trinajstić information content (AvgIpc) is 1.63. The van der Waals surface area contributed by atoms with E-state index in [1.54, 1.807) is 0 Å². The second-order valence-electron chi connectivity index (χ2n) is 26.9. The number of fused-ring (bicyclic) bond motifs is 2. The zero-order valence-electron chi connectivity index (χ0n) is 61.0. The summed E-state index contributed by atoms with van der Waals surface area (Å²) in [6.45, 7) is 4.39. The molecule has 12 amide bonds. The van der Waals surface area contributed by atoms with Gasteiger partial charge in [-0.1, -0.05) is 21.6 Å². The number of thiol groups is 2. The van der Waals surface area contributed by atoms with Gasteiger partial charge in [0.05, 0.1) is 24.3 Å². The summed E-state index contributed by atoms with van der Waals surface area (Å²) in [6, 6.07) is -16.3. The number of amides is 12. The Balaban J connectivity index is 0.000000456. The van der Waals surface area contributed by atoms with E-state index in [-0.39, 0.29) is 119 Å². The van der Waals surface area contributed by atoms with Gasteiger partial charge in [0.15, 0.2) is 11.9 Å². The molecule has 16 atom stereocenters. The van der Waals surface area contributed by atoms with E-state index in [2.05, 4.69) is 77.8 Å². The van der Waals surface area contributed by atoms with Crippen molar-refractivity contribution in [2.45, 2.75) is 226 Å². The summed E-state index contributed by atoms with van der Waals surface area (Å²) in [5.41, 5.74) is 44.7. The van der Waals surface area contributed by atoms with Crippen LogP contribution in [-0.2, 0) is 67.1 Å². The van der Waals surface area contributed by atoms with Crippen LogP contribution in [0.25, 0.3) is 0 Å². The zero-order valence-corrected chi connectivity index (χ0v) is 64.4. The van der Waals surface area contributed by atoms with Crippen molar-refractivity contribution in [3.63, 3.8) is 0 Å². The lowest BCUT2D eigenvalue weighted by molar-refractivity contribution is -0.148. The number of rotatable bonds is 32. The van der Waals surface area contributed by atoms with Crippen LogP contribution in [0, 0.1) is 0 Å². The average molecular weight is 1610 g/mol. The molecule has 28 N–H and O–H groups in total. The predicted octanol–water partition coefficient (Wildman–Crippen LogP) is -7.98. The number of hydrogen-bond donors (Lipinski definition) is 22. The number of guanidine groups is 2. The van der Waals surface area contributed by atoms with Crippen molar-refractivity contribution >= 4 is 142 Å². The molecule has 13 unspecified atom stereocenters. The first-order chi connectivity index (χ1) is 51.2. The summed E-state index contributed by atoms with van der Waals surface area (Å²) in [7, 11) is 2.08. The van der Waals surface area contributed by atoms with Gasteiger partial charge in [0, 0.05) is 62.3 Å². The number of carboxylic acids is 2. The molecule has 0 spiro atoms. The monoisotopic (exact) mass is 1600 g/mol. The van der Waals surface area contributed by atoms with Gasteiger partial charge < -0.3 is 128 Å². The molecule has 5 fully saturated rings. The van der Waals surface area contributed by atoms with Gasteiger partial charge in [0.1, 0.15) is 72.5 Å². The van der Waals surface area contributed by atoms with Crippen LogP contribution in [0.4, 0.5) is 0 Å². The van der Waals surface area contributed by atoms with Gasteiger partial charge in [-0.2, -0.15) is 25.3 Å². The Labute approximate surface area is 645 Å². The number of aliphatic carboxylic acids is 2. The van der Waals surface area contributed by atoms with Crippen molar-refractivity contribution in [3.8, 4) is 0 Å². The molecule has 610 valence electrons. The molecule has 5 saturated heterocycles. The highest BCUT2D eigenvalue weighted by atomic mass is 33.1. The third-order valence-corrected chi connectivity index (χ3v) is 21.8. The maximum Gasteiger partial charge on any atom is 0.327 e. The second kappa shape index (κ2) is 47.4. The fourth-order valence-corrected chi connectivity index (χ4v) is 15.4. The number of carbonyl (C=O) groups excluding carboxylic acids is 12. The summed E-state index contributed by atoms with van der Waals surface area (Å²) in [5, 5.41) is 60.4. The fourth-order valence-electron chi connectivity index (χ4n) is 12.7. The van der Waals surface area contributed by atoms with Crippen LogP contribution in [0.5, 0.6) is 0 Å². The molecule has 108 heavy (non-hydrogen) atoms. The lowest BCUT2D eigenvalue weighted by Gasteiger charge is -2.34. The minimum atomic E-state index is -1.48. The molecule has 0 aromatic heterocycles. The Bertz CT molecular complexity index is 3140. The number of aliphatic imine (C=N–C) groups is 2. The van der Waals surface area contributed by atoms with Crippen molar-refractivity contribution in [2.24, 2.45) is 55.9 Å². The Morgan fingerprint density at radius 2 is 1.13 bits per heavy atom. The first-order valence-corrected chi connectivity index (χ1v) is 39.9. The van der Waals surface area contributed by atoms with Gasteiger partial charge >= 0.3 is 11.9 Å². The predicted molar refractivity (Wildman–Crippen MR) is 407 cm³/mol. The lowest BCUT2D eigenvalue weighted by Crippen LogP contribution is -2.60. The quantitative estimate of drug-likeness (QED) is 0.00978. The van der Waals surface area contributed by atoms with E-state index in [0.29, 0.717) is 83.7 Å². The minimum absolute atomic E-state index is 0.00959. The van der Waals surface area contributed by atoms with Gasteiger partial charge in [-0.3, -0.25) is 67.5 Å². The molecule has 0 aromatic carbocycles. The number of aliphatic hydroxyl groups is 2. The molecule has 44 heteroatoms. The summed E-state index contributed by atoms with van der Waals surface area (Å²) in [4.78, 5) is 200. The third kappa shape index (κ3) is 28.9. The van der Waals surface area contributed by atoms with Crippen molar-refractivity contribution in [3.05, 3.63) is 0 Å². The lowest BCUT2D eigenvalue weighted by atomic mass is 10.0. The molecule has 5 rings (SSSR count). The number of hydrogen-bond acceptors (Lipinski definition) is 26. The standard InChI is InChI=1S/C32H55N11O9S2.C32H57N11O9S2/c1-17(44)24-28(48)39-20(7-2-3-11-33)29(49)43-14-6-10-23(43)30(50)42-13-5-9-22(42)27(47)38-19(8-4-12-37-32(35)36)26(46)40-21(31(51)52)16-54-53-15-18(34)25(45)41-24;1-17(44)24(41-25(45)18(34)15-53)28(48)39-20(7-2-3-11-33)29(49)43-14-6-10-23(43)30(50)42-13-5-9-22(42)27(47)38-19(8-4-12-37-32(35)36)26(46)40-21(16-54)31(51)52/h17-24,44H,2-16,33-34H2,1H3,(H,38,47)(H,39,48)(H,40,46)(H,41,45)(H,51,52)(H4,35,36,37);17-24,44,53-54H,2-16,33-34H2,1H3,(H,38,47)(H,39,48)(H,40,46)(H,41,45)(H,51,52)(H4,35,36,37)/t17-,18+,19?,20?,21?,22?,23?,24?;17-,18?,19?,20?,21?,22?,23?,24?/m11/s1. The fraction of sp³-hybridized carbons (Fsp3) is 0.750. The molecule has 5 aliphatic rings. The molecular weight excluding hydrogens is 1490 g/mol. The van der Waals surface area contributed by atoms with Crippen LogP contribution >= 0.6 is 46.8 Å². The number of unbranched alkanes of at least 4 members (excludes halogenated alkanes) is 2. The number of aliphatic hydroxyl groups excluding tert-OH is 2. The maximum atomic E-state index is 14.1. The maximum absolute atomic E-state index is 14.1. The van der Waals surface area contributed by atoms with Gasteiger partial charge in [-0.25, -0.2) is 9.59 Å². The summed E-state index contributed by atoms with van der Waals surface area (Å²) in [5.74, 6) is -11.3. The van der Waals surface area contributed by atoms with E-state index in [1.807, 2.05) is 0 Å². The van der Waals surface area contributed by atoms with E-state index in [9.17, 15) is 87.5 Å². The summed E-state index contributed by atoms with van der Waals surface area (Å²) >= 11 is 7.96. The van der Waals surface area contributed by atoms with Crippen LogP contribution in [-0.4, -0.2) is 307 Å². The van der Waals surface area contributed by atoms with Gasteiger partial charge in [-0.15, -0.1) is 0 Å². The summed E-state index contributed by atoms with van der Waals surface area (Å²) < 4.78 is 0. The second-order valence-corrected chi connectivity index (χ2v) is 30.2. The highest BCUT2D eigenvalue weighted by Gasteiger charge is 2.47. The number of nitrogens with two attached hydrogens (primary N) is 8. The van der Waals surface area contributed by atoms with Crippen LogP contribution in [0.2, 0.25) is 0 Å². The SMILES string of the molecule is C[C@@H](O)C(NC(=O)C(N)CS)C(=O)NC(CCCCN)C(=O)N1CCCC1C(=O)N1CCCC1C(=O)NC(CCCN=C(N)N)C(=O)NC(CS)C(=O)O.C[C@@H](O)C1NC(=O)[C@@H](N)CSSCC(C(=O)O)NC(=O)C(CCCN=C(N)N)NC(=O)C2CCCN2C(=O)C2CCCN2C(=O)C(CCCCN)NC1=O. The minimum Gasteiger partial charge on any atom is -0.480 e. The molecule has 40 nitrogen and oxygen atoms in total. The number of nitrogens with zero attached hydrogens (tertiary/aromatic N) is 6. The number of carboxylic acid groups (broad SMARTS) is 2. The van der Waals surface area contributed by atoms with Crippen LogP contribution in [0.15, 0.2) is 9.98 Å². The summed E-state index contributed by atoms with van der Waals surface area (Å²) in [6.07, 6.45) is 3.30. The highest BCUT2D eigenvalue weighted by Crippen LogP contribution is 2.29. The van der Waals surface area contributed by atoms with E-state index in [1.165, 1.54) is 33.4 Å². The van der Waals surface area contributed by atoms with Crippen molar-refractivity contribution in [2.75, 3.05) is 75.4 Å². The van der Waals surface area contributed by atoms with Crippen LogP contribution < -0.4 is 88.4 Å². The van der Waals surface area contributed by atoms with E-state index < -0.39 is 180 Å². The molecule has 0 radical (unpaired) electrons. The van der Waals surface area contributed by atoms with Crippen LogP contribution in [0.1, 0.15) is 129 Å².